The van der Waals surface area contributed by atoms with Crippen molar-refractivity contribution in [3.8, 4) is 0 Å². The number of nitrogens with zero attached hydrogens (tertiary/aromatic N) is 3. The van der Waals surface area contributed by atoms with Crippen LogP contribution in [0, 0.1) is 6.92 Å². The monoisotopic (exact) mass is 237 g/mol. The first-order valence-corrected chi connectivity index (χ1v) is 6.01. The van der Waals surface area contributed by atoms with Crippen LogP contribution in [0.25, 0.3) is 0 Å². The van der Waals surface area contributed by atoms with E-state index in [-0.39, 0.29) is 12.0 Å². The zero-order valence-corrected chi connectivity index (χ0v) is 10.4. The minimum Gasteiger partial charge on any atom is -0.391 e. The summed E-state index contributed by atoms with van der Waals surface area (Å²) >= 11 is 0. The second kappa shape index (κ2) is 4.87. The molecule has 2 rings (SSSR count). The molecule has 0 aromatic carbocycles. The van der Waals surface area contributed by atoms with Crippen molar-refractivity contribution in [2.75, 3.05) is 13.1 Å². The summed E-state index contributed by atoms with van der Waals surface area (Å²) in [4.78, 5) is 13.6. The van der Waals surface area contributed by atoms with Crippen LogP contribution < -0.4 is 0 Å². The Labute approximate surface area is 101 Å². The summed E-state index contributed by atoms with van der Waals surface area (Å²) in [6, 6.07) is 0. The summed E-state index contributed by atoms with van der Waals surface area (Å²) in [5.41, 5.74) is 2.24. The summed E-state index contributed by atoms with van der Waals surface area (Å²) in [7, 11) is 1.90. The number of likely N-dealkylation sites (tertiary alicyclic amines) is 1. The molecule has 5 nitrogen and oxygen atoms in total. The van der Waals surface area contributed by atoms with Gasteiger partial charge in [-0.05, 0) is 25.3 Å². The second-order valence-electron chi connectivity index (χ2n) is 4.66. The first-order valence-electron chi connectivity index (χ1n) is 6.01. The predicted octanol–water partition coefficient (Wildman–Crippen LogP) is 0.254. The second-order valence-corrected chi connectivity index (χ2v) is 4.66. The fraction of sp³-hybridized carbons (Fsp3) is 0.667. The third-order valence-corrected chi connectivity index (χ3v) is 3.46. The van der Waals surface area contributed by atoms with Gasteiger partial charge in [-0.15, -0.1) is 0 Å². The van der Waals surface area contributed by atoms with Crippen LogP contribution in [0.3, 0.4) is 0 Å². The fourth-order valence-electron chi connectivity index (χ4n) is 2.16. The largest absolute Gasteiger partial charge is 0.391 e. The summed E-state index contributed by atoms with van der Waals surface area (Å²) in [5, 5.41) is 13.5. The number of aryl methyl sites for hydroxylation is 2. The van der Waals surface area contributed by atoms with Crippen LogP contribution in [0.4, 0.5) is 0 Å². The molecule has 0 aliphatic carbocycles. The molecule has 1 aliphatic rings. The Morgan fingerprint density at radius 3 is 2.94 bits per heavy atom. The zero-order chi connectivity index (χ0) is 12.4. The Kier molecular flexibility index (Phi) is 3.47. The number of hydrogen-bond acceptors (Lipinski definition) is 3. The quantitative estimate of drug-likeness (QED) is 0.820. The molecule has 0 saturated carbocycles. The number of carbonyl (C=O) groups is 1. The van der Waals surface area contributed by atoms with Gasteiger partial charge in [0.25, 0.3) is 0 Å². The van der Waals surface area contributed by atoms with E-state index in [2.05, 4.69) is 5.10 Å². The van der Waals surface area contributed by atoms with Gasteiger partial charge in [-0.25, -0.2) is 0 Å². The molecule has 1 fully saturated rings. The number of carbonyl (C=O) groups excluding carboxylic acids is 1. The SMILES string of the molecule is Cc1c(CCC(=O)N2CC[C@@H](O)C2)cnn1C. The van der Waals surface area contributed by atoms with Crippen molar-refractivity contribution in [2.24, 2.45) is 7.05 Å². The van der Waals surface area contributed by atoms with Crippen LogP contribution in [0.15, 0.2) is 6.20 Å². The van der Waals surface area contributed by atoms with Crippen LogP contribution in [0.2, 0.25) is 0 Å². The maximum atomic E-state index is 11.9. The van der Waals surface area contributed by atoms with Gasteiger partial charge in [0, 0.05) is 32.3 Å². The van der Waals surface area contributed by atoms with Crippen molar-refractivity contribution >= 4 is 5.91 Å². The van der Waals surface area contributed by atoms with Crippen molar-refractivity contribution in [3.63, 3.8) is 0 Å². The number of rotatable bonds is 3. The van der Waals surface area contributed by atoms with Crippen LogP contribution in [-0.4, -0.2) is 44.9 Å². The fourth-order valence-corrected chi connectivity index (χ4v) is 2.16. The summed E-state index contributed by atoms with van der Waals surface area (Å²) < 4.78 is 1.82. The van der Waals surface area contributed by atoms with Gasteiger partial charge in [-0.2, -0.15) is 5.10 Å². The highest BCUT2D eigenvalue weighted by molar-refractivity contribution is 5.76. The highest BCUT2D eigenvalue weighted by Crippen LogP contribution is 2.13. The van der Waals surface area contributed by atoms with E-state index < -0.39 is 0 Å². The zero-order valence-electron chi connectivity index (χ0n) is 10.4. The Balaban J connectivity index is 1.86. The molecule has 2 heterocycles. The minimum absolute atomic E-state index is 0.129. The summed E-state index contributed by atoms with van der Waals surface area (Å²) in [5.74, 6) is 0.129. The summed E-state index contributed by atoms with van der Waals surface area (Å²) in [6.07, 6.45) is 3.42. The molecule has 1 atom stereocenters. The van der Waals surface area contributed by atoms with Crippen molar-refractivity contribution in [3.05, 3.63) is 17.5 Å². The molecule has 17 heavy (non-hydrogen) atoms. The molecule has 1 aliphatic heterocycles. The lowest BCUT2D eigenvalue weighted by Crippen LogP contribution is -2.29. The molecule has 1 aromatic heterocycles. The van der Waals surface area contributed by atoms with Gasteiger partial charge in [0.2, 0.25) is 5.91 Å². The average molecular weight is 237 g/mol. The van der Waals surface area contributed by atoms with E-state index in [4.69, 9.17) is 0 Å². The van der Waals surface area contributed by atoms with Gasteiger partial charge >= 0.3 is 0 Å². The third kappa shape index (κ3) is 2.66. The Bertz CT molecular complexity index is 414. The van der Waals surface area contributed by atoms with Gasteiger partial charge < -0.3 is 10.0 Å². The van der Waals surface area contributed by atoms with Gasteiger partial charge in [0.15, 0.2) is 0 Å². The molecule has 1 N–H and O–H groups in total. The van der Waals surface area contributed by atoms with E-state index in [1.54, 1.807) is 4.90 Å². The van der Waals surface area contributed by atoms with Gasteiger partial charge in [0.1, 0.15) is 0 Å². The predicted molar refractivity (Wildman–Crippen MR) is 63.5 cm³/mol. The van der Waals surface area contributed by atoms with Crippen LogP contribution in [0.5, 0.6) is 0 Å². The molecule has 1 aromatic rings. The van der Waals surface area contributed by atoms with Crippen molar-refractivity contribution in [2.45, 2.75) is 32.3 Å². The normalized spacial score (nSPS) is 19.9. The maximum Gasteiger partial charge on any atom is 0.222 e. The van der Waals surface area contributed by atoms with Crippen LogP contribution in [0.1, 0.15) is 24.1 Å². The van der Waals surface area contributed by atoms with E-state index >= 15 is 0 Å². The minimum atomic E-state index is -0.334. The Morgan fingerprint density at radius 2 is 2.41 bits per heavy atom. The Hall–Kier alpha value is -1.36. The molecule has 0 bridgehead atoms. The third-order valence-electron chi connectivity index (χ3n) is 3.46. The van der Waals surface area contributed by atoms with Gasteiger partial charge in [-0.3, -0.25) is 9.48 Å². The number of aromatic nitrogens is 2. The molecule has 0 spiro atoms. The number of amides is 1. The number of β-amino-alcohol motifs (C(OH)–C–C–N with tert-alkyl or cyclic N) is 1. The highest BCUT2D eigenvalue weighted by Gasteiger charge is 2.24. The Morgan fingerprint density at radius 1 is 1.65 bits per heavy atom. The molecular weight excluding hydrogens is 218 g/mol. The van der Waals surface area contributed by atoms with E-state index in [0.29, 0.717) is 25.9 Å². The number of aliphatic hydroxyl groups excluding tert-OH is 1. The lowest BCUT2D eigenvalue weighted by Gasteiger charge is -2.15. The molecular formula is C12H19N3O2. The van der Waals surface area contributed by atoms with E-state index in [1.165, 1.54) is 0 Å². The molecule has 1 amide bonds. The smallest absolute Gasteiger partial charge is 0.222 e. The summed E-state index contributed by atoms with van der Waals surface area (Å²) in [6.45, 7) is 3.18. The van der Waals surface area contributed by atoms with E-state index in [0.717, 1.165) is 17.7 Å². The lowest BCUT2D eigenvalue weighted by atomic mass is 10.1. The topological polar surface area (TPSA) is 58.4 Å². The molecule has 5 heteroatoms. The van der Waals surface area contributed by atoms with E-state index in [1.807, 2.05) is 24.9 Å². The standard InChI is InChI=1S/C12H19N3O2/c1-9-10(7-13-14(9)2)3-4-12(17)15-6-5-11(16)8-15/h7,11,16H,3-6,8H2,1-2H3/t11-/m1/s1. The lowest BCUT2D eigenvalue weighted by molar-refractivity contribution is -0.130. The molecule has 94 valence electrons. The molecule has 0 unspecified atom stereocenters. The first-order chi connectivity index (χ1) is 8.08. The highest BCUT2D eigenvalue weighted by atomic mass is 16.3. The van der Waals surface area contributed by atoms with Crippen molar-refractivity contribution in [1.29, 1.82) is 0 Å². The molecule has 1 saturated heterocycles. The first kappa shape index (κ1) is 12.1. The van der Waals surface area contributed by atoms with Crippen molar-refractivity contribution in [1.82, 2.24) is 14.7 Å². The van der Waals surface area contributed by atoms with Crippen molar-refractivity contribution < 1.29 is 9.90 Å². The van der Waals surface area contributed by atoms with Crippen LogP contribution in [-0.2, 0) is 18.3 Å². The van der Waals surface area contributed by atoms with E-state index in [9.17, 15) is 9.90 Å². The van der Waals surface area contributed by atoms with Gasteiger partial charge in [-0.1, -0.05) is 0 Å². The maximum absolute atomic E-state index is 11.9. The molecule has 0 radical (unpaired) electrons. The van der Waals surface area contributed by atoms with Gasteiger partial charge in [0.05, 0.1) is 12.3 Å². The number of aliphatic hydroxyl groups is 1. The average Bonchev–Trinajstić information content (AvgIpc) is 2.86. The number of hydrogen-bond donors (Lipinski definition) is 1. The van der Waals surface area contributed by atoms with Crippen LogP contribution >= 0.6 is 0 Å².